The largest absolute Gasteiger partial charge is 0.293 e. The van der Waals surface area contributed by atoms with Gasteiger partial charge >= 0.3 is 0 Å². The molecule has 0 fully saturated rings. The molecule has 4 heteroatoms. The minimum atomic E-state index is 0.0247. The molecule has 2 nitrogen and oxygen atoms in total. The zero-order valence-electron chi connectivity index (χ0n) is 6.47. The van der Waals surface area contributed by atoms with Gasteiger partial charge in [0.25, 0.3) is 0 Å². The number of carbonyl (C=O) groups excluding carboxylic acids is 1. The number of aromatic nitrogens is 1. The Balaban J connectivity index is 3.09. The fourth-order valence-electron chi connectivity index (χ4n) is 0.886. The van der Waals surface area contributed by atoms with Crippen molar-refractivity contribution in [3.8, 4) is 0 Å². The van der Waals surface area contributed by atoms with Gasteiger partial charge in [-0.15, -0.1) is 0 Å². The van der Waals surface area contributed by atoms with Crippen molar-refractivity contribution in [2.45, 2.75) is 6.92 Å². The van der Waals surface area contributed by atoms with Crippen LogP contribution in [0.5, 0.6) is 0 Å². The standard InChI is InChI=1S/C8H7BrClNO/c1-5-2-8(10)11-4-6(5)7(12)3-9/h2,4H,3H2,1H3. The molecule has 64 valence electrons. The summed E-state index contributed by atoms with van der Waals surface area (Å²) >= 11 is 8.72. The van der Waals surface area contributed by atoms with E-state index in [0.717, 1.165) is 5.56 Å². The van der Waals surface area contributed by atoms with E-state index in [1.54, 1.807) is 6.07 Å². The van der Waals surface area contributed by atoms with E-state index in [1.165, 1.54) is 6.20 Å². The first kappa shape index (κ1) is 9.68. The van der Waals surface area contributed by atoms with Gasteiger partial charge in [-0.05, 0) is 18.6 Å². The lowest BCUT2D eigenvalue weighted by Gasteiger charge is -2.01. The predicted molar refractivity (Wildman–Crippen MR) is 52.1 cm³/mol. The van der Waals surface area contributed by atoms with Crippen molar-refractivity contribution in [2.24, 2.45) is 0 Å². The molecule has 0 saturated carbocycles. The summed E-state index contributed by atoms with van der Waals surface area (Å²) in [5.74, 6) is 0.0247. The Bertz CT molecular complexity index is 314. The summed E-state index contributed by atoms with van der Waals surface area (Å²) in [6, 6.07) is 1.68. The molecule has 12 heavy (non-hydrogen) atoms. The molecule has 0 atom stereocenters. The number of pyridine rings is 1. The van der Waals surface area contributed by atoms with Crippen molar-refractivity contribution in [2.75, 3.05) is 5.33 Å². The van der Waals surface area contributed by atoms with Crippen LogP contribution in [-0.2, 0) is 0 Å². The van der Waals surface area contributed by atoms with Gasteiger partial charge in [-0.1, -0.05) is 27.5 Å². The second-order valence-corrected chi connectivity index (χ2v) is 3.33. The number of alkyl halides is 1. The molecule has 0 aliphatic heterocycles. The summed E-state index contributed by atoms with van der Waals surface area (Å²) in [5.41, 5.74) is 1.48. The second-order valence-electron chi connectivity index (χ2n) is 2.38. The maximum atomic E-state index is 11.2. The smallest absolute Gasteiger partial charge is 0.175 e. The Morgan fingerprint density at radius 1 is 1.75 bits per heavy atom. The summed E-state index contributed by atoms with van der Waals surface area (Å²) < 4.78 is 0. The lowest BCUT2D eigenvalue weighted by Crippen LogP contribution is -2.03. The normalized spacial score (nSPS) is 9.92. The average Bonchev–Trinajstić information content (AvgIpc) is 2.03. The van der Waals surface area contributed by atoms with Crippen molar-refractivity contribution < 1.29 is 4.79 Å². The van der Waals surface area contributed by atoms with Crippen molar-refractivity contribution in [1.82, 2.24) is 4.98 Å². The SMILES string of the molecule is Cc1cc(Cl)ncc1C(=O)CBr. The molecule has 1 heterocycles. The highest BCUT2D eigenvalue weighted by Crippen LogP contribution is 2.12. The molecule has 0 amide bonds. The number of Topliss-reactive ketones (excluding diaryl/α,β-unsaturated/α-hetero) is 1. The summed E-state index contributed by atoms with van der Waals surface area (Å²) in [6.45, 7) is 1.84. The van der Waals surface area contributed by atoms with E-state index in [2.05, 4.69) is 20.9 Å². The molecule has 1 aromatic heterocycles. The van der Waals surface area contributed by atoms with E-state index >= 15 is 0 Å². The van der Waals surface area contributed by atoms with Crippen molar-refractivity contribution >= 4 is 33.3 Å². The van der Waals surface area contributed by atoms with Crippen LogP contribution in [-0.4, -0.2) is 16.1 Å². The van der Waals surface area contributed by atoms with Gasteiger partial charge < -0.3 is 0 Å². The number of ketones is 1. The third-order valence-electron chi connectivity index (χ3n) is 1.50. The van der Waals surface area contributed by atoms with E-state index in [0.29, 0.717) is 16.0 Å². The van der Waals surface area contributed by atoms with Crippen LogP contribution in [0.2, 0.25) is 5.15 Å². The first-order valence-corrected chi connectivity index (χ1v) is 4.86. The van der Waals surface area contributed by atoms with E-state index in [-0.39, 0.29) is 5.78 Å². The Hall–Kier alpha value is -0.410. The number of hydrogen-bond donors (Lipinski definition) is 0. The average molecular weight is 249 g/mol. The third kappa shape index (κ3) is 2.05. The monoisotopic (exact) mass is 247 g/mol. The lowest BCUT2D eigenvalue weighted by atomic mass is 10.1. The number of carbonyl (C=O) groups is 1. The Labute approximate surface area is 84.1 Å². The quantitative estimate of drug-likeness (QED) is 0.457. The van der Waals surface area contributed by atoms with E-state index in [1.807, 2.05) is 6.92 Å². The van der Waals surface area contributed by atoms with Gasteiger partial charge in [0.2, 0.25) is 0 Å². The Morgan fingerprint density at radius 2 is 2.42 bits per heavy atom. The van der Waals surface area contributed by atoms with Gasteiger partial charge in [0.15, 0.2) is 5.78 Å². The molecule has 0 bridgehead atoms. The van der Waals surface area contributed by atoms with Crippen LogP contribution in [0.3, 0.4) is 0 Å². The molecule has 0 radical (unpaired) electrons. The van der Waals surface area contributed by atoms with Crippen LogP contribution in [0.4, 0.5) is 0 Å². The highest BCUT2D eigenvalue weighted by atomic mass is 79.9. The number of halogens is 2. The maximum absolute atomic E-state index is 11.2. The van der Waals surface area contributed by atoms with Crippen LogP contribution in [0.25, 0.3) is 0 Å². The topological polar surface area (TPSA) is 30.0 Å². The molecular formula is C8H7BrClNO. The van der Waals surface area contributed by atoms with Gasteiger partial charge in [-0.3, -0.25) is 4.79 Å². The highest BCUT2D eigenvalue weighted by Gasteiger charge is 2.07. The molecular weight excluding hydrogens is 241 g/mol. The van der Waals surface area contributed by atoms with Crippen LogP contribution >= 0.6 is 27.5 Å². The summed E-state index contributed by atoms with van der Waals surface area (Å²) in [6.07, 6.45) is 1.50. The Morgan fingerprint density at radius 3 is 2.92 bits per heavy atom. The predicted octanol–water partition coefficient (Wildman–Crippen LogP) is 2.62. The van der Waals surface area contributed by atoms with Gasteiger partial charge in [-0.25, -0.2) is 4.98 Å². The van der Waals surface area contributed by atoms with Crippen LogP contribution in [0.1, 0.15) is 15.9 Å². The van der Waals surface area contributed by atoms with Crippen molar-refractivity contribution in [3.05, 3.63) is 28.5 Å². The Kier molecular flexibility index (Phi) is 3.23. The molecule has 0 saturated heterocycles. The number of aryl methyl sites for hydroxylation is 1. The van der Waals surface area contributed by atoms with Gasteiger partial charge in [0, 0.05) is 11.8 Å². The fraction of sp³-hybridized carbons (Fsp3) is 0.250. The molecule has 0 unspecified atom stereocenters. The minimum Gasteiger partial charge on any atom is -0.293 e. The molecule has 1 aromatic rings. The van der Waals surface area contributed by atoms with Gasteiger partial charge in [0.05, 0.1) is 5.33 Å². The van der Waals surface area contributed by atoms with Gasteiger partial charge in [0.1, 0.15) is 5.15 Å². The van der Waals surface area contributed by atoms with Crippen molar-refractivity contribution in [3.63, 3.8) is 0 Å². The lowest BCUT2D eigenvalue weighted by molar-refractivity contribution is 0.102. The summed E-state index contributed by atoms with van der Waals surface area (Å²) in [7, 11) is 0. The van der Waals surface area contributed by atoms with E-state index < -0.39 is 0 Å². The van der Waals surface area contributed by atoms with Crippen LogP contribution in [0.15, 0.2) is 12.3 Å². The molecule has 1 rings (SSSR count). The zero-order valence-corrected chi connectivity index (χ0v) is 8.82. The molecule has 0 aromatic carbocycles. The van der Waals surface area contributed by atoms with Crippen molar-refractivity contribution in [1.29, 1.82) is 0 Å². The second kappa shape index (κ2) is 4.01. The molecule has 0 N–H and O–H groups in total. The first-order valence-electron chi connectivity index (χ1n) is 3.36. The number of hydrogen-bond acceptors (Lipinski definition) is 2. The summed E-state index contributed by atoms with van der Waals surface area (Å²) in [4.78, 5) is 15.0. The highest BCUT2D eigenvalue weighted by molar-refractivity contribution is 9.09. The number of nitrogens with zero attached hydrogens (tertiary/aromatic N) is 1. The molecule has 0 aliphatic rings. The fourth-order valence-corrected chi connectivity index (χ4v) is 1.40. The molecule has 0 aliphatic carbocycles. The first-order chi connectivity index (χ1) is 5.65. The number of rotatable bonds is 2. The third-order valence-corrected chi connectivity index (χ3v) is 2.22. The maximum Gasteiger partial charge on any atom is 0.175 e. The van der Waals surface area contributed by atoms with Gasteiger partial charge in [-0.2, -0.15) is 0 Å². The van der Waals surface area contributed by atoms with E-state index in [9.17, 15) is 4.79 Å². The van der Waals surface area contributed by atoms with Crippen LogP contribution in [0, 0.1) is 6.92 Å². The summed E-state index contributed by atoms with van der Waals surface area (Å²) in [5, 5.41) is 0.732. The zero-order chi connectivity index (χ0) is 9.14. The van der Waals surface area contributed by atoms with E-state index in [4.69, 9.17) is 11.6 Å². The van der Waals surface area contributed by atoms with Crippen LogP contribution < -0.4 is 0 Å². The molecule has 0 spiro atoms. The minimum absolute atomic E-state index is 0.0247.